The van der Waals surface area contributed by atoms with Crippen LogP contribution in [0.5, 0.6) is 0 Å². The van der Waals surface area contributed by atoms with Crippen LogP contribution in [0.15, 0.2) is 23.5 Å². The van der Waals surface area contributed by atoms with Gasteiger partial charge in [-0.1, -0.05) is 13.0 Å². The summed E-state index contributed by atoms with van der Waals surface area (Å²) in [7, 11) is 0. The van der Waals surface area contributed by atoms with E-state index in [1.807, 2.05) is 0 Å². The average Bonchev–Trinajstić information content (AvgIpc) is 2.04. The third kappa shape index (κ3) is 1.32. The van der Waals surface area contributed by atoms with Gasteiger partial charge in [-0.05, 0) is 36.8 Å². The Balaban J connectivity index is 2.19. The summed E-state index contributed by atoms with van der Waals surface area (Å²) >= 11 is 0. The first-order chi connectivity index (χ1) is 5.36. The molecule has 1 heteroatoms. The Morgan fingerprint density at radius 2 is 2.45 bits per heavy atom. The topological polar surface area (TPSA) is 9.23 Å². The average molecular weight is 150 g/mol. The van der Waals surface area contributed by atoms with Crippen molar-refractivity contribution in [3.05, 3.63) is 23.5 Å². The first-order valence-corrected chi connectivity index (χ1v) is 4.37. The maximum atomic E-state index is 5.59. The third-order valence-electron chi connectivity index (χ3n) is 2.35. The van der Waals surface area contributed by atoms with Crippen molar-refractivity contribution in [2.75, 3.05) is 6.61 Å². The molecule has 2 rings (SSSR count). The van der Waals surface area contributed by atoms with Gasteiger partial charge in [-0.15, -0.1) is 0 Å². The number of hydrogen-bond acceptors (Lipinski definition) is 1. The fraction of sp³-hybridized carbons (Fsp3) is 0.600. The molecule has 0 saturated carbocycles. The van der Waals surface area contributed by atoms with Gasteiger partial charge in [-0.2, -0.15) is 0 Å². The van der Waals surface area contributed by atoms with E-state index < -0.39 is 0 Å². The van der Waals surface area contributed by atoms with Gasteiger partial charge in [-0.25, -0.2) is 0 Å². The SMILES string of the molecule is CC1COC2=C(CCC=C2)C1. The van der Waals surface area contributed by atoms with E-state index in [9.17, 15) is 0 Å². The van der Waals surface area contributed by atoms with Gasteiger partial charge in [0.15, 0.2) is 0 Å². The summed E-state index contributed by atoms with van der Waals surface area (Å²) in [5.74, 6) is 1.88. The highest BCUT2D eigenvalue weighted by molar-refractivity contribution is 5.26. The molecule has 0 amide bonds. The highest BCUT2D eigenvalue weighted by atomic mass is 16.5. The molecule has 0 aromatic rings. The van der Waals surface area contributed by atoms with Gasteiger partial charge >= 0.3 is 0 Å². The van der Waals surface area contributed by atoms with E-state index in [0.717, 1.165) is 18.3 Å². The molecule has 1 nitrogen and oxygen atoms in total. The van der Waals surface area contributed by atoms with Gasteiger partial charge in [0.1, 0.15) is 5.76 Å². The van der Waals surface area contributed by atoms with Crippen LogP contribution >= 0.6 is 0 Å². The van der Waals surface area contributed by atoms with E-state index >= 15 is 0 Å². The van der Waals surface area contributed by atoms with E-state index in [1.54, 1.807) is 0 Å². The van der Waals surface area contributed by atoms with E-state index in [2.05, 4.69) is 19.1 Å². The zero-order valence-electron chi connectivity index (χ0n) is 6.97. The summed E-state index contributed by atoms with van der Waals surface area (Å²) in [4.78, 5) is 0. The van der Waals surface area contributed by atoms with Crippen molar-refractivity contribution in [1.29, 1.82) is 0 Å². The molecule has 1 unspecified atom stereocenters. The van der Waals surface area contributed by atoms with E-state index in [1.165, 1.54) is 24.8 Å². The van der Waals surface area contributed by atoms with E-state index in [0.29, 0.717) is 0 Å². The highest BCUT2D eigenvalue weighted by Gasteiger charge is 2.18. The molecule has 0 saturated heterocycles. The van der Waals surface area contributed by atoms with Gasteiger partial charge in [0.2, 0.25) is 0 Å². The van der Waals surface area contributed by atoms with E-state index in [4.69, 9.17) is 4.74 Å². The second kappa shape index (κ2) is 2.72. The van der Waals surface area contributed by atoms with Gasteiger partial charge < -0.3 is 4.74 Å². The molecule has 0 radical (unpaired) electrons. The molecule has 11 heavy (non-hydrogen) atoms. The second-order valence-electron chi connectivity index (χ2n) is 3.53. The first-order valence-electron chi connectivity index (χ1n) is 4.37. The van der Waals surface area contributed by atoms with Crippen molar-refractivity contribution in [3.63, 3.8) is 0 Å². The highest BCUT2D eigenvalue weighted by Crippen LogP contribution is 2.30. The fourth-order valence-corrected chi connectivity index (χ4v) is 1.75. The molecule has 0 fully saturated rings. The quantitative estimate of drug-likeness (QED) is 0.516. The summed E-state index contributed by atoms with van der Waals surface area (Å²) in [6.07, 6.45) is 8.00. The summed E-state index contributed by atoms with van der Waals surface area (Å²) in [6, 6.07) is 0. The minimum absolute atomic E-state index is 0.722. The predicted octanol–water partition coefficient (Wildman–Crippen LogP) is 2.65. The van der Waals surface area contributed by atoms with Crippen LogP contribution in [0.1, 0.15) is 26.2 Å². The molecule has 0 aromatic carbocycles. The molecule has 1 heterocycles. The molecule has 1 aliphatic carbocycles. The molecule has 0 aromatic heterocycles. The van der Waals surface area contributed by atoms with Crippen LogP contribution < -0.4 is 0 Å². The molecule has 1 aliphatic heterocycles. The zero-order valence-corrected chi connectivity index (χ0v) is 6.97. The zero-order chi connectivity index (χ0) is 7.68. The Kier molecular flexibility index (Phi) is 1.72. The molecule has 0 bridgehead atoms. The summed E-state index contributed by atoms with van der Waals surface area (Å²) in [5.41, 5.74) is 1.53. The predicted molar refractivity (Wildman–Crippen MR) is 45.1 cm³/mol. The summed E-state index contributed by atoms with van der Waals surface area (Å²) in [6.45, 7) is 3.16. The lowest BCUT2D eigenvalue weighted by Gasteiger charge is -2.25. The smallest absolute Gasteiger partial charge is 0.118 e. The van der Waals surface area contributed by atoms with Crippen molar-refractivity contribution < 1.29 is 4.74 Å². The molecule has 1 atom stereocenters. The number of hydrogen-bond donors (Lipinski definition) is 0. The molecular weight excluding hydrogens is 136 g/mol. The fourth-order valence-electron chi connectivity index (χ4n) is 1.75. The number of ether oxygens (including phenoxy) is 1. The van der Waals surface area contributed by atoms with E-state index in [-0.39, 0.29) is 0 Å². The molecule has 0 N–H and O–H groups in total. The lowest BCUT2D eigenvalue weighted by molar-refractivity contribution is 0.155. The van der Waals surface area contributed by atoms with Crippen molar-refractivity contribution in [1.82, 2.24) is 0 Å². The van der Waals surface area contributed by atoms with Gasteiger partial charge in [0.25, 0.3) is 0 Å². The number of allylic oxidation sites excluding steroid dienone is 3. The van der Waals surface area contributed by atoms with Crippen LogP contribution in [0.25, 0.3) is 0 Å². The van der Waals surface area contributed by atoms with Crippen LogP contribution in [0.2, 0.25) is 0 Å². The second-order valence-corrected chi connectivity index (χ2v) is 3.53. The number of rotatable bonds is 0. The summed E-state index contributed by atoms with van der Waals surface area (Å²) in [5, 5.41) is 0. The minimum Gasteiger partial charge on any atom is -0.493 e. The monoisotopic (exact) mass is 150 g/mol. The van der Waals surface area contributed by atoms with Gasteiger partial charge in [0.05, 0.1) is 6.61 Å². The Morgan fingerprint density at radius 1 is 1.55 bits per heavy atom. The van der Waals surface area contributed by atoms with Crippen molar-refractivity contribution in [2.24, 2.45) is 5.92 Å². The maximum Gasteiger partial charge on any atom is 0.118 e. The maximum absolute atomic E-state index is 5.59. The first kappa shape index (κ1) is 6.96. The molecular formula is C10H14O. The van der Waals surface area contributed by atoms with Crippen molar-refractivity contribution >= 4 is 0 Å². The lowest BCUT2D eigenvalue weighted by Crippen LogP contribution is -2.15. The third-order valence-corrected chi connectivity index (χ3v) is 2.35. The van der Waals surface area contributed by atoms with Gasteiger partial charge in [0, 0.05) is 0 Å². The Hall–Kier alpha value is -0.720. The lowest BCUT2D eigenvalue weighted by atomic mass is 9.92. The van der Waals surface area contributed by atoms with Crippen molar-refractivity contribution in [2.45, 2.75) is 26.2 Å². The molecule has 2 aliphatic rings. The molecule has 60 valence electrons. The Bertz CT molecular complexity index is 213. The Morgan fingerprint density at radius 3 is 3.36 bits per heavy atom. The van der Waals surface area contributed by atoms with Crippen LogP contribution in [-0.4, -0.2) is 6.61 Å². The minimum atomic E-state index is 0.722. The Labute approximate surface area is 67.7 Å². The largest absolute Gasteiger partial charge is 0.493 e. The normalized spacial score (nSPS) is 29.7. The van der Waals surface area contributed by atoms with Crippen LogP contribution in [0.4, 0.5) is 0 Å². The van der Waals surface area contributed by atoms with Gasteiger partial charge in [-0.3, -0.25) is 0 Å². The summed E-state index contributed by atoms with van der Waals surface area (Å²) < 4.78 is 5.59. The van der Waals surface area contributed by atoms with Crippen LogP contribution in [0.3, 0.4) is 0 Å². The van der Waals surface area contributed by atoms with Crippen molar-refractivity contribution in [3.8, 4) is 0 Å². The standard InChI is InChI=1S/C10H14O/c1-8-6-9-4-2-3-5-10(9)11-7-8/h3,5,8H,2,4,6-7H2,1H3. The molecule has 0 spiro atoms. The van der Waals surface area contributed by atoms with Crippen LogP contribution in [0, 0.1) is 5.92 Å². The van der Waals surface area contributed by atoms with Crippen LogP contribution in [-0.2, 0) is 4.74 Å².